The molecule has 1 heterocycles. The van der Waals surface area contributed by atoms with Crippen molar-refractivity contribution in [3.05, 3.63) is 83.1 Å². The van der Waals surface area contributed by atoms with Gasteiger partial charge in [0.2, 0.25) is 0 Å². The first-order valence-electron chi connectivity index (χ1n) is 11.9. The number of allylic oxidation sites excluding steroid dienone is 14. The molecule has 0 aromatic heterocycles. The van der Waals surface area contributed by atoms with Gasteiger partial charge >= 0.3 is 0 Å². The van der Waals surface area contributed by atoms with E-state index in [9.17, 15) is 9.90 Å². The van der Waals surface area contributed by atoms with Crippen LogP contribution >= 0.6 is 0 Å². The van der Waals surface area contributed by atoms with E-state index in [0.717, 1.165) is 11.1 Å². The van der Waals surface area contributed by atoms with E-state index >= 15 is 0 Å². The third-order valence-corrected chi connectivity index (χ3v) is 6.85. The summed E-state index contributed by atoms with van der Waals surface area (Å²) in [5, 5.41) is 10.2. The summed E-state index contributed by atoms with van der Waals surface area (Å²) in [5.74, 6) is 0.108. The van der Waals surface area contributed by atoms with Gasteiger partial charge in [-0.15, -0.1) is 0 Å². The Labute approximate surface area is 201 Å². The van der Waals surface area contributed by atoms with Gasteiger partial charge < -0.3 is 9.84 Å². The van der Waals surface area contributed by atoms with Crippen molar-refractivity contribution >= 4 is 5.78 Å². The predicted molar refractivity (Wildman–Crippen MR) is 139 cm³/mol. The van der Waals surface area contributed by atoms with Gasteiger partial charge in [0.05, 0.1) is 11.7 Å². The lowest BCUT2D eigenvalue weighted by Gasteiger charge is -2.40. The number of aliphatic hydroxyl groups excluding tert-OH is 1. The number of ether oxygens (including phenoxy) is 1. The van der Waals surface area contributed by atoms with Gasteiger partial charge in [-0.25, -0.2) is 0 Å². The van der Waals surface area contributed by atoms with Crippen LogP contribution in [0.2, 0.25) is 0 Å². The van der Waals surface area contributed by atoms with Crippen molar-refractivity contribution in [1.82, 2.24) is 0 Å². The Kier molecular flexibility index (Phi) is 8.84. The fourth-order valence-electron chi connectivity index (χ4n) is 4.88. The largest absolute Gasteiger partial charge is 0.393 e. The number of ketones is 1. The molecule has 1 saturated heterocycles. The van der Waals surface area contributed by atoms with Crippen LogP contribution in [0.15, 0.2) is 83.1 Å². The minimum absolute atomic E-state index is 0.108. The van der Waals surface area contributed by atoms with Crippen molar-refractivity contribution in [2.75, 3.05) is 0 Å². The maximum absolute atomic E-state index is 12.9. The molecule has 2 aliphatic rings. The highest BCUT2D eigenvalue weighted by molar-refractivity contribution is 5.96. The summed E-state index contributed by atoms with van der Waals surface area (Å²) in [6.07, 6.45) is 21.5. The molecule has 0 aromatic carbocycles. The van der Waals surface area contributed by atoms with Crippen LogP contribution in [0.5, 0.6) is 0 Å². The first-order valence-corrected chi connectivity index (χ1v) is 11.9. The molecule has 0 amide bonds. The normalized spacial score (nSPS) is 30.2. The number of carbonyl (C=O) groups is 1. The first-order chi connectivity index (χ1) is 15.3. The highest BCUT2D eigenvalue weighted by Gasteiger charge is 2.76. The molecule has 2 rings (SSSR count). The van der Waals surface area contributed by atoms with Gasteiger partial charge in [0.25, 0.3) is 0 Å². The van der Waals surface area contributed by atoms with E-state index in [2.05, 4.69) is 58.9 Å². The fourth-order valence-corrected chi connectivity index (χ4v) is 4.88. The fraction of sp³-hybridized carbons (Fsp3) is 0.500. The number of hydrogen-bond acceptors (Lipinski definition) is 3. The highest BCUT2D eigenvalue weighted by atomic mass is 16.6. The van der Waals surface area contributed by atoms with E-state index in [0.29, 0.717) is 19.3 Å². The Morgan fingerprint density at radius 1 is 0.848 bits per heavy atom. The maximum atomic E-state index is 12.9. The Balaban J connectivity index is 1.93. The van der Waals surface area contributed by atoms with Gasteiger partial charge in [-0.3, -0.25) is 4.79 Å². The Morgan fingerprint density at radius 2 is 1.39 bits per heavy atom. The lowest BCUT2D eigenvalue weighted by atomic mass is 9.61. The standard InChI is InChI=1S/C30H42O3/c1-22(2)13-11-16-23(3)14-9-10-15-24(4)17-12-18-25(5)27(32)21-30-28(6,7)19-26(31)20-29(30,8)33-30/h9-18,26,31H,19-21H2,1-8H3. The lowest BCUT2D eigenvalue weighted by Crippen LogP contribution is -2.48. The molecular weight excluding hydrogens is 408 g/mol. The minimum Gasteiger partial charge on any atom is -0.393 e. The summed E-state index contributed by atoms with van der Waals surface area (Å²) in [4.78, 5) is 12.9. The number of Topliss-reactive ketones (excluding diaryl/α,β-unsaturated/α-hetero) is 1. The SMILES string of the molecule is CC(C)=CC=CC(C)=CC=CC=C(C)C=CC=C(C)C(=O)CC12OC1(C)CC(O)CC2(C)C. The van der Waals surface area contributed by atoms with Crippen LogP contribution in [0.25, 0.3) is 0 Å². The number of aliphatic hydroxyl groups is 1. The van der Waals surface area contributed by atoms with Crippen molar-refractivity contribution in [1.29, 1.82) is 0 Å². The van der Waals surface area contributed by atoms with E-state index in [1.54, 1.807) is 0 Å². The van der Waals surface area contributed by atoms with Crippen LogP contribution in [-0.2, 0) is 9.53 Å². The van der Waals surface area contributed by atoms with Gasteiger partial charge in [-0.05, 0) is 59.0 Å². The number of hydrogen-bond donors (Lipinski definition) is 1. The Morgan fingerprint density at radius 3 is 1.91 bits per heavy atom. The second-order valence-corrected chi connectivity index (χ2v) is 10.7. The summed E-state index contributed by atoms with van der Waals surface area (Å²) in [5.41, 5.74) is 3.20. The van der Waals surface area contributed by atoms with E-state index in [1.807, 2.05) is 57.2 Å². The Hall–Kier alpha value is -2.23. The van der Waals surface area contributed by atoms with Crippen molar-refractivity contribution in [2.24, 2.45) is 5.41 Å². The average Bonchev–Trinajstić information content (AvgIpc) is 3.29. The molecule has 3 atom stereocenters. The van der Waals surface area contributed by atoms with Gasteiger partial charge in [-0.1, -0.05) is 91.3 Å². The van der Waals surface area contributed by atoms with Crippen LogP contribution in [-0.4, -0.2) is 28.2 Å². The zero-order chi connectivity index (χ0) is 24.9. The molecule has 1 aliphatic heterocycles. The quantitative estimate of drug-likeness (QED) is 0.231. The molecule has 1 saturated carbocycles. The number of rotatable bonds is 9. The van der Waals surface area contributed by atoms with Crippen LogP contribution in [0, 0.1) is 5.41 Å². The topological polar surface area (TPSA) is 49.8 Å². The van der Waals surface area contributed by atoms with Crippen molar-refractivity contribution < 1.29 is 14.6 Å². The number of carbonyl (C=O) groups excluding carboxylic acids is 1. The molecule has 1 aliphatic carbocycles. The van der Waals surface area contributed by atoms with Gasteiger partial charge in [0.15, 0.2) is 5.78 Å². The third-order valence-electron chi connectivity index (χ3n) is 6.85. The second-order valence-electron chi connectivity index (χ2n) is 10.7. The second kappa shape index (κ2) is 10.8. The van der Waals surface area contributed by atoms with Crippen molar-refractivity contribution in [3.8, 4) is 0 Å². The average molecular weight is 451 g/mol. The molecule has 0 spiro atoms. The molecule has 3 nitrogen and oxygen atoms in total. The van der Waals surface area contributed by atoms with Crippen molar-refractivity contribution in [2.45, 2.75) is 92.0 Å². The van der Waals surface area contributed by atoms with E-state index < -0.39 is 11.2 Å². The molecule has 0 aromatic rings. The van der Waals surface area contributed by atoms with Gasteiger partial charge in [0.1, 0.15) is 5.60 Å². The molecule has 3 heteroatoms. The van der Waals surface area contributed by atoms with Gasteiger partial charge in [0, 0.05) is 12.8 Å². The molecule has 0 radical (unpaired) electrons. The van der Waals surface area contributed by atoms with Crippen molar-refractivity contribution in [3.63, 3.8) is 0 Å². The summed E-state index contributed by atoms with van der Waals surface area (Å²) >= 11 is 0. The molecule has 0 bridgehead atoms. The molecule has 33 heavy (non-hydrogen) atoms. The molecular formula is C30H42O3. The number of epoxide rings is 1. The molecule has 2 fully saturated rings. The summed E-state index contributed by atoms with van der Waals surface area (Å²) in [6.45, 7) is 16.4. The maximum Gasteiger partial charge on any atom is 0.161 e. The summed E-state index contributed by atoms with van der Waals surface area (Å²) in [7, 11) is 0. The minimum atomic E-state index is -0.470. The zero-order valence-electron chi connectivity index (χ0n) is 21.7. The molecule has 3 unspecified atom stereocenters. The zero-order valence-corrected chi connectivity index (χ0v) is 21.7. The summed E-state index contributed by atoms with van der Waals surface area (Å²) in [6, 6.07) is 0. The lowest BCUT2D eigenvalue weighted by molar-refractivity contribution is -0.118. The smallest absolute Gasteiger partial charge is 0.161 e. The van der Waals surface area contributed by atoms with Crippen LogP contribution in [0.1, 0.15) is 74.7 Å². The predicted octanol–water partition coefficient (Wildman–Crippen LogP) is 7.13. The van der Waals surface area contributed by atoms with E-state index in [1.165, 1.54) is 11.1 Å². The Bertz CT molecular complexity index is 947. The third kappa shape index (κ3) is 6.88. The highest BCUT2D eigenvalue weighted by Crippen LogP contribution is 2.67. The van der Waals surface area contributed by atoms with Crippen LogP contribution < -0.4 is 0 Å². The van der Waals surface area contributed by atoms with E-state index in [-0.39, 0.29) is 17.3 Å². The first kappa shape index (κ1) is 27.0. The monoisotopic (exact) mass is 450 g/mol. The van der Waals surface area contributed by atoms with E-state index in [4.69, 9.17) is 4.74 Å². The molecule has 1 N–H and O–H groups in total. The molecule has 180 valence electrons. The van der Waals surface area contributed by atoms with Crippen LogP contribution in [0.3, 0.4) is 0 Å². The summed E-state index contributed by atoms with van der Waals surface area (Å²) < 4.78 is 6.15. The number of fused-ring (bicyclic) bond motifs is 1. The van der Waals surface area contributed by atoms with Crippen LogP contribution in [0.4, 0.5) is 0 Å². The van der Waals surface area contributed by atoms with Gasteiger partial charge in [-0.2, -0.15) is 0 Å².